The first kappa shape index (κ1) is 11.2. The fraction of sp³-hybridized carbons (Fsp3) is 0.273. The molecule has 0 atom stereocenters. The summed E-state index contributed by atoms with van der Waals surface area (Å²) in [6, 6.07) is 5.30. The molecule has 0 fully saturated rings. The predicted octanol–water partition coefficient (Wildman–Crippen LogP) is 1.11. The van der Waals surface area contributed by atoms with E-state index in [0.717, 1.165) is 5.56 Å². The van der Waals surface area contributed by atoms with Gasteiger partial charge in [0, 0.05) is 6.54 Å². The number of carbonyl (C=O) groups excluding carboxylic acids is 1. The van der Waals surface area contributed by atoms with Crippen LogP contribution in [0.5, 0.6) is 0 Å². The minimum absolute atomic E-state index is 0.308. The number of methoxy groups -OCH3 is 1. The molecule has 15 heavy (non-hydrogen) atoms. The predicted molar refractivity (Wildman–Crippen MR) is 55.1 cm³/mol. The zero-order valence-electron chi connectivity index (χ0n) is 8.70. The number of benzene rings is 1. The number of nitrogens with two attached hydrogens (primary N) is 1. The Morgan fingerprint density at radius 1 is 1.60 bits per heavy atom. The lowest BCUT2D eigenvalue weighted by Crippen LogP contribution is -2.10. The van der Waals surface area contributed by atoms with Crippen LogP contribution in [-0.2, 0) is 11.3 Å². The number of esters is 1. The molecule has 1 rings (SSSR count). The summed E-state index contributed by atoms with van der Waals surface area (Å²) in [4.78, 5) is 11.5. The van der Waals surface area contributed by atoms with Gasteiger partial charge in [0.1, 0.15) is 6.07 Å². The summed E-state index contributed by atoms with van der Waals surface area (Å²) in [5, 5.41) is 8.86. The fourth-order valence-corrected chi connectivity index (χ4v) is 1.43. The first-order valence-electron chi connectivity index (χ1n) is 4.46. The molecule has 78 valence electrons. The summed E-state index contributed by atoms with van der Waals surface area (Å²) in [6.07, 6.45) is 0. The third-order valence-electron chi connectivity index (χ3n) is 2.31. The van der Waals surface area contributed by atoms with Gasteiger partial charge in [0.2, 0.25) is 0 Å². The Labute approximate surface area is 88.3 Å². The zero-order chi connectivity index (χ0) is 11.4. The Hall–Kier alpha value is -1.86. The third kappa shape index (κ3) is 1.97. The summed E-state index contributed by atoms with van der Waals surface area (Å²) in [6.45, 7) is 2.09. The van der Waals surface area contributed by atoms with E-state index in [4.69, 9.17) is 11.0 Å². The molecule has 0 saturated heterocycles. The summed E-state index contributed by atoms with van der Waals surface area (Å²) < 4.78 is 4.63. The Bertz CT molecular complexity index is 433. The molecular weight excluding hydrogens is 192 g/mol. The molecule has 0 spiro atoms. The number of nitrogens with zero attached hydrogens (tertiary/aromatic N) is 1. The van der Waals surface area contributed by atoms with Crippen molar-refractivity contribution >= 4 is 5.97 Å². The summed E-state index contributed by atoms with van der Waals surface area (Å²) in [5.41, 5.74) is 7.70. The van der Waals surface area contributed by atoms with E-state index in [1.807, 2.05) is 6.07 Å². The molecule has 1 aromatic rings. The van der Waals surface area contributed by atoms with E-state index in [-0.39, 0.29) is 0 Å². The van der Waals surface area contributed by atoms with Gasteiger partial charge >= 0.3 is 5.97 Å². The lowest BCUT2D eigenvalue weighted by Gasteiger charge is -2.09. The van der Waals surface area contributed by atoms with Crippen molar-refractivity contribution in [2.45, 2.75) is 13.5 Å². The standard InChI is InChI=1S/C11H12N2O2/c1-7-8(5-12)3-4-9(6-13)10(7)11(14)15-2/h3-4H,5,12H2,1-2H3. The van der Waals surface area contributed by atoms with Gasteiger partial charge in [0.05, 0.1) is 18.2 Å². The summed E-state index contributed by atoms with van der Waals surface area (Å²) >= 11 is 0. The minimum atomic E-state index is -0.501. The number of nitriles is 1. The minimum Gasteiger partial charge on any atom is -0.465 e. The van der Waals surface area contributed by atoms with Gasteiger partial charge in [0.15, 0.2) is 0 Å². The van der Waals surface area contributed by atoms with Crippen LogP contribution in [-0.4, -0.2) is 13.1 Å². The number of rotatable bonds is 2. The second-order valence-corrected chi connectivity index (χ2v) is 3.08. The van der Waals surface area contributed by atoms with Crippen LogP contribution in [0.25, 0.3) is 0 Å². The summed E-state index contributed by atoms with van der Waals surface area (Å²) in [5.74, 6) is -0.501. The molecular formula is C11H12N2O2. The van der Waals surface area contributed by atoms with E-state index < -0.39 is 5.97 Å². The van der Waals surface area contributed by atoms with E-state index in [9.17, 15) is 4.79 Å². The van der Waals surface area contributed by atoms with Crippen molar-refractivity contribution in [3.8, 4) is 6.07 Å². The zero-order valence-corrected chi connectivity index (χ0v) is 8.70. The SMILES string of the molecule is COC(=O)c1c(C#N)ccc(CN)c1C. The van der Waals surface area contributed by atoms with E-state index in [2.05, 4.69) is 4.74 Å². The van der Waals surface area contributed by atoms with Crippen molar-refractivity contribution in [2.24, 2.45) is 5.73 Å². The van der Waals surface area contributed by atoms with Crippen molar-refractivity contribution in [3.05, 3.63) is 34.4 Å². The normalized spacial score (nSPS) is 9.47. The highest BCUT2D eigenvalue weighted by Gasteiger charge is 2.16. The second kappa shape index (κ2) is 4.58. The topological polar surface area (TPSA) is 76.1 Å². The molecule has 0 saturated carbocycles. The number of hydrogen-bond acceptors (Lipinski definition) is 4. The van der Waals surface area contributed by atoms with Gasteiger partial charge in [-0.1, -0.05) is 6.07 Å². The van der Waals surface area contributed by atoms with Gasteiger partial charge < -0.3 is 10.5 Å². The van der Waals surface area contributed by atoms with E-state index >= 15 is 0 Å². The van der Waals surface area contributed by atoms with E-state index in [1.165, 1.54) is 7.11 Å². The molecule has 1 aromatic carbocycles. The Morgan fingerprint density at radius 3 is 2.73 bits per heavy atom. The van der Waals surface area contributed by atoms with Crippen LogP contribution in [0, 0.1) is 18.3 Å². The highest BCUT2D eigenvalue weighted by atomic mass is 16.5. The molecule has 4 nitrogen and oxygen atoms in total. The van der Waals surface area contributed by atoms with E-state index in [0.29, 0.717) is 23.2 Å². The lowest BCUT2D eigenvalue weighted by atomic mass is 9.97. The Morgan fingerprint density at radius 2 is 2.27 bits per heavy atom. The van der Waals surface area contributed by atoms with Crippen LogP contribution in [0.15, 0.2) is 12.1 Å². The smallest absolute Gasteiger partial charge is 0.339 e. The molecule has 0 amide bonds. The van der Waals surface area contributed by atoms with Gasteiger partial charge in [0.25, 0.3) is 0 Å². The van der Waals surface area contributed by atoms with Gasteiger partial charge in [-0.05, 0) is 24.1 Å². The number of carbonyl (C=O) groups is 1. The average Bonchev–Trinajstić information content (AvgIpc) is 2.27. The van der Waals surface area contributed by atoms with Crippen LogP contribution in [0.2, 0.25) is 0 Å². The van der Waals surface area contributed by atoms with Gasteiger partial charge in [-0.2, -0.15) is 5.26 Å². The molecule has 0 aliphatic heterocycles. The maximum Gasteiger partial charge on any atom is 0.339 e. The quantitative estimate of drug-likeness (QED) is 0.732. The summed E-state index contributed by atoms with van der Waals surface area (Å²) in [7, 11) is 1.29. The van der Waals surface area contributed by atoms with Crippen molar-refractivity contribution in [3.63, 3.8) is 0 Å². The number of hydrogen-bond donors (Lipinski definition) is 1. The van der Waals surface area contributed by atoms with E-state index in [1.54, 1.807) is 19.1 Å². The third-order valence-corrected chi connectivity index (χ3v) is 2.31. The monoisotopic (exact) mass is 204 g/mol. The molecule has 0 heterocycles. The van der Waals surface area contributed by atoms with Crippen LogP contribution in [0.1, 0.15) is 27.0 Å². The maximum atomic E-state index is 11.5. The van der Waals surface area contributed by atoms with Crippen molar-refractivity contribution in [1.29, 1.82) is 5.26 Å². The molecule has 2 N–H and O–H groups in total. The maximum absolute atomic E-state index is 11.5. The first-order chi connectivity index (χ1) is 7.15. The first-order valence-corrected chi connectivity index (χ1v) is 4.46. The van der Waals surface area contributed by atoms with Gasteiger partial charge in [-0.25, -0.2) is 4.79 Å². The molecule has 0 unspecified atom stereocenters. The highest BCUT2D eigenvalue weighted by molar-refractivity contribution is 5.94. The Balaban J connectivity index is 3.44. The molecule has 0 radical (unpaired) electrons. The van der Waals surface area contributed by atoms with Gasteiger partial charge in [-0.15, -0.1) is 0 Å². The van der Waals surface area contributed by atoms with Crippen molar-refractivity contribution < 1.29 is 9.53 Å². The molecule has 0 bridgehead atoms. The molecule has 0 aliphatic rings. The largest absolute Gasteiger partial charge is 0.465 e. The highest BCUT2D eigenvalue weighted by Crippen LogP contribution is 2.18. The van der Waals surface area contributed by atoms with Crippen LogP contribution < -0.4 is 5.73 Å². The van der Waals surface area contributed by atoms with Crippen molar-refractivity contribution in [2.75, 3.05) is 7.11 Å². The van der Waals surface area contributed by atoms with Crippen molar-refractivity contribution in [1.82, 2.24) is 0 Å². The number of ether oxygens (including phenoxy) is 1. The second-order valence-electron chi connectivity index (χ2n) is 3.08. The van der Waals surface area contributed by atoms with Crippen LogP contribution >= 0.6 is 0 Å². The van der Waals surface area contributed by atoms with Gasteiger partial charge in [-0.3, -0.25) is 0 Å². The lowest BCUT2D eigenvalue weighted by molar-refractivity contribution is 0.0599. The van der Waals surface area contributed by atoms with Crippen LogP contribution in [0.4, 0.5) is 0 Å². The molecule has 0 aliphatic carbocycles. The van der Waals surface area contributed by atoms with Crippen LogP contribution in [0.3, 0.4) is 0 Å². The molecule has 0 aromatic heterocycles. The Kier molecular flexibility index (Phi) is 3.42. The molecule has 4 heteroatoms. The fourth-order valence-electron chi connectivity index (χ4n) is 1.43. The average molecular weight is 204 g/mol.